The number of furan rings is 1. The zero-order valence-corrected chi connectivity index (χ0v) is 11.2. The minimum Gasteiger partial charge on any atom is -0.462 e. The Morgan fingerprint density at radius 2 is 2.45 bits per heavy atom. The summed E-state index contributed by atoms with van der Waals surface area (Å²) < 4.78 is 5.24. The molecule has 1 amide bonds. The molecular weight excluding hydrogens is 280 g/mol. The van der Waals surface area contributed by atoms with Crippen LogP contribution in [0.2, 0.25) is 0 Å². The van der Waals surface area contributed by atoms with Crippen LogP contribution in [0.4, 0.5) is 0 Å². The lowest BCUT2D eigenvalue weighted by molar-refractivity contribution is 0.0934. The fourth-order valence-electron chi connectivity index (χ4n) is 1.58. The molecule has 2 N–H and O–H groups in total. The maximum atomic E-state index is 12.0. The number of tetrazole rings is 1. The van der Waals surface area contributed by atoms with Gasteiger partial charge in [0, 0.05) is 5.38 Å². The van der Waals surface area contributed by atoms with Crippen LogP contribution >= 0.6 is 11.3 Å². The van der Waals surface area contributed by atoms with Gasteiger partial charge >= 0.3 is 0 Å². The Morgan fingerprint density at radius 3 is 3.15 bits per heavy atom. The lowest BCUT2D eigenvalue weighted by Crippen LogP contribution is -2.27. The van der Waals surface area contributed by atoms with E-state index < -0.39 is 0 Å². The maximum Gasteiger partial charge on any atom is 0.271 e. The average molecular weight is 290 g/mol. The summed E-state index contributed by atoms with van der Waals surface area (Å²) in [5, 5.41) is 18.5. The predicted octanol–water partition coefficient (Wildman–Crippen LogP) is 1.41. The van der Waals surface area contributed by atoms with Gasteiger partial charge in [0.1, 0.15) is 5.69 Å². The van der Waals surface area contributed by atoms with Gasteiger partial charge in [-0.2, -0.15) is 5.21 Å². The van der Waals surface area contributed by atoms with Crippen LogP contribution in [0.25, 0.3) is 10.8 Å². The van der Waals surface area contributed by atoms with Crippen LogP contribution in [0, 0.1) is 0 Å². The Hall–Kier alpha value is -2.55. The summed E-state index contributed by atoms with van der Waals surface area (Å²) in [4.78, 5) is 16.3. The Kier molecular flexibility index (Phi) is 3.25. The van der Waals surface area contributed by atoms with E-state index in [1.807, 2.05) is 0 Å². The van der Waals surface area contributed by atoms with Gasteiger partial charge in [0.2, 0.25) is 0 Å². The quantitative estimate of drug-likeness (QED) is 0.751. The Balaban J connectivity index is 1.72. The van der Waals surface area contributed by atoms with E-state index in [2.05, 4.69) is 30.9 Å². The molecule has 0 radical (unpaired) electrons. The van der Waals surface area contributed by atoms with Crippen LogP contribution in [0.5, 0.6) is 0 Å². The molecular formula is C11H10N6O2S. The van der Waals surface area contributed by atoms with Gasteiger partial charge in [0.05, 0.1) is 12.3 Å². The first-order chi connectivity index (χ1) is 9.74. The van der Waals surface area contributed by atoms with Crippen LogP contribution in [-0.2, 0) is 0 Å². The highest BCUT2D eigenvalue weighted by atomic mass is 32.1. The highest BCUT2D eigenvalue weighted by Gasteiger charge is 2.17. The highest BCUT2D eigenvalue weighted by Crippen LogP contribution is 2.24. The zero-order chi connectivity index (χ0) is 13.9. The number of carbonyl (C=O) groups excluding carboxylic acids is 1. The molecule has 0 aliphatic rings. The molecule has 9 heteroatoms. The fraction of sp³-hybridized carbons (Fsp3) is 0.182. The molecule has 0 aliphatic carbocycles. The molecule has 20 heavy (non-hydrogen) atoms. The molecule has 0 spiro atoms. The number of nitrogens with zero attached hydrogens (tertiary/aromatic N) is 4. The highest BCUT2D eigenvalue weighted by molar-refractivity contribution is 7.13. The summed E-state index contributed by atoms with van der Waals surface area (Å²) in [6.07, 6.45) is 1.56. The van der Waals surface area contributed by atoms with E-state index in [0.717, 1.165) is 0 Å². The fourth-order valence-corrected chi connectivity index (χ4v) is 2.35. The molecule has 0 saturated carbocycles. The lowest BCUT2D eigenvalue weighted by atomic mass is 10.3. The van der Waals surface area contributed by atoms with Crippen LogP contribution < -0.4 is 5.32 Å². The number of aromatic nitrogens is 5. The van der Waals surface area contributed by atoms with Crippen molar-refractivity contribution in [3.63, 3.8) is 0 Å². The third-order valence-electron chi connectivity index (χ3n) is 2.57. The predicted molar refractivity (Wildman–Crippen MR) is 69.9 cm³/mol. The Morgan fingerprint density at radius 1 is 1.55 bits per heavy atom. The van der Waals surface area contributed by atoms with Crippen LogP contribution in [0.1, 0.15) is 29.3 Å². The standard InChI is InChI=1S/C11H10N6O2S/c1-6(9-14-16-17-15-9)12-10(18)7-5-20-11(13-7)8-3-2-4-19-8/h2-6H,1H3,(H,12,18)(H,14,15,16,17). The zero-order valence-electron chi connectivity index (χ0n) is 10.4. The van der Waals surface area contributed by atoms with Gasteiger partial charge in [-0.15, -0.1) is 21.5 Å². The first-order valence-electron chi connectivity index (χ1n) is 5.77. The van der Waals surface area contributed by atoms with E-state index in [9.17, 15) is 4.79 Å². The van der Waals surface area contributed by atoms with Crippen molar-refractivity contribution in [2.24, 2.45) is 0 Å². The van der Waals surface area contributed by atoms with Crippen molar-refractivity contribution in [1.82, 2.24) is 30.9 Å². The molecule has 3 rings (SSSR count). The first-order valence-corrected chi connectivity index (χ1v) is 6.65. The number of rotatable bonds is 4. The number of thiazole rings is 1. The van der Waals surface area contributed by atoms with Gasteiger partial charge in [-0.3, -0.25) is 4.79 Å². The number of hydrogen-bond acceptors (Lipinski definition) is 7. The van der Waals surface area contributed by atoms with Crippen LogP contribution in [0.3, 0.4) is 0 Å². The molecule has 3 aromatic rings. The normalized spacial score (nSPS) is 12.2. The molecule has 1 unspecified atom stereocenters. The van der Waals surface area contributed by atoms with Crippen LogP contribution in [0.15, 0.2) is 28.2 Å². The summed E-state index contributed by atoms with van der Waals surface area (Å²) in [5.41, 5.74) is 0.330. The molecule has 3 heterocycles. The van der Waals surface area contributed by atoms with E-state index >= 15 is 0 Å². The van der Waals surface area contributed by atoms with Gasteiger partial charge in [0.25, 0.3) is 5.91 Å². The van der Waals surface area contributed by atoms with Crippen molar-refractivity contribution < 1.29 is 9.21 Å². The number of nitrogens with one attached hydrogen (secondary N) is 2. The SMILES string of the molecule is CC(NC(=O)c1csc(-c2ccco2)n1)c1nn[nH]n1. The minimum atomic E-state index is -0.352. The molecule has 8 nitrogen and oxygen atoms in total. The molecule has 3 aromatic heterocycles. The number of H-pyrrole nitrogens is 1. The van der Waals surface area contributed by atoms with Crippen molar-refractivity contribution in [2.75, 3.05) is 0 Å². The smallest absolute Gasteiger partial charge is 0.271 e. The Labute approximate surface area is 117 Å². The lowest BCUT2D eigenvalue weighted by Gasteiger charge is -2.07. The van der Waals surface area contributed by atoms with E-state index in [1.54, 1.807) is 30.7 Å². The number of aromatic amines is 1. The summed E-state index contributed by atoms with van der Waals surface area (Å²) in [5.74, 6) is 0.761. The van der Waals surface area contributed by atoms with E-state index in [-0.39, 0.29) is 11.9 Å². The summed E-state index contributed by atoms with van der Waals surface area (Å²) in [6.45, 7) is 1.77. The summed E-state index contributed by atoms with van der Waals surface area (Å²) in [6, 6.07) is 3.21. The number of carbonyl (C=O) groups is 1. The largest absolute Gasteiger partial charge is 0.462 e. The first kappa shape index (κ1) is 12.5. The molecule has 102 valence electrons. The molecule has 1 atom stereocenters. The second-order valence-electron chi connectivity index (χ2n) is 3.98. The third-order valence-corrected chi connectivity index (χ3v) is 3.42. The van der Waals surface area contributed by atoms with Crippen molar-refractivity contribution in [3.8, 4) is 10.8 Å². The van der Waals surface area contributed by atoms with Gasteiger partial charge in [-0.1, -0.05) is 5.21 Å². The van der Waals surface area contributed by atoms with E-state index in [4.69, 9.17) is 4.42 Å². The topological polar surface area (TPSA) is 110 Å². The summed E-state index contributed by atoms with van der Waals surface area (Å²) >= 11 is 1.34. The average Bonchev–Trinajstić information content (AvgIpc) is 3.19. The monoisotopic (exact) mass is 290 g/mol. The number of amides is 1. The second kappa shape index (κ2) is 5.21. The minimum absolute atomic E-state index is 0.295. The molecule has 0 saturated heterocycles. The van der Waals surface area contributed by atoms with E-state index in [0.29, 0.717) is 22.3 Å². The summed E-state index contributed by atoms with van der Waals surface area (Å²) in [7, 11) is 0. The van der Waals surface area contributed by atoms with Crippen molar-refractivity contribution in [3.05, 3.63) is 35.3 Å². The van der Waals surface area contributed by atoms with Crippen molar-refractivity contribution in [1.29, 1.82) is 0 Å². The van der Waals surface area contributed by atoms with Crippen molar-refractivity contribution >= 4 is 17.2 Å². The van der Waals surface area contributed by atoms with Gasteiger partial charge in [-0.25, -0.2) is 4.98 Å². The Bertz CT molecular complexity index is 690. The van der Waals surface area contributed by atoms with Gasteiger partial charge in [0.15, 0.2) is 16.6 Å². The van der Waals surface area contributed by atoms with Crippen LogP contribution in [-0.4, -0.2) is 31.5 Å². The second-order valence-corrected chi connectivity index (χ2v) is 4.84. The molecule has 0 fully saturated rings. The number of hydrogen-bond donors (Lipinski definition) is 2. The molecule has 0 aromatic carbocycles. The van der Waals surface area contributed by atoms with Gasteiger partial charge < -0.3 is 9.73 Å². The van der Waals surface area contributed by atoms with E-state index in [1.165, 1.54) is 11.3 Å². The van der Waals surface area contributed by atoms with Crippen molar-refractivity contribution in [2.45, 2.75) is 13.0 Å². The molecule has 0 bridgehead atoms. The third kappa shape index (κ3) is 2.43. The molecule has 0 aliphatic heterocycles. The van der Waals surface area contributed by atoms with Gasteiger partial charge in [-0.05, 0) is 19.1 Å². The maximum absolute atomic E-state index is 12.0.